The Morgan fingerprint density at radius 3 is 2.64 bits per heavy atom. The zero-order valence-corrected chi connectivity index (χ0v) is 16.6. The van der Waals surface area contributed by atoms with Crippen molar-refractivity contribution in [1.82, 2.24) is 19.8 Å². The minimum Gasteiger partial charge on any atom is -0.352 e. The number of H-pyrrole nitrogens is 1. The highest BCUT2D eigenvalue weighted by Gasteiger charge is 2.13. The number of hydrogen-bond donors (Lipinski definition) is 2. The second kappa shape index (κ2) is 9.68. The molecule has 1 aliphatic rings. The minimum absolute atomic E-state index is 0.184. The Morgan fingerprint density at radius 1 is 1.11 bits per heavy atom. The van der Waals surface area contributed by atoms with Gasteiger partial charge in [-0.15, -0.1) is 0 Å². The van der Waals surface area contributed by atoms with E-state index in [4.69, 9.17) is 0 Å². The van der Waals surface area contributed by atoms with E-state index >= 15 is 0 Å². The molecule has 3 rings (SSSR count). The summed E-state index contributed by atoms with van der Waals surface area (Å²) in [4.78, 5) is 42.4. The van der Waals surface area contributed by atoms with Gasteiger partial charge in [-0.25, -0.2) is 4.79 Å². The smallest absolute Gasteiger partial charge is 0.328 e. The van der Waals surface area contributed by atoms with Gasteiger partial charge in [0.1, 0.15) is 0 Å². The predicted octanol–water partition coefficient (Wildman–Crippen LogP) is 2.10. The maximum Gasteiger partial charge on any atom is 0.328 e. The second-order valence-electron chi connectivity index (χ2n) is 7.51. The molecule has 0 saturated carbocycles. The largest absolute Gasteiger partial charge is 0.352 e. The van der Waals surface area contributed by atoms with Crippen molar-refractivity contribution in [2.24, 2.45) is 0 Å². The van der Waals surface area contributed by atoms with Gasteiger partial charge in [-0.1, -0.05) is 19.8 Å². The Bertz CT molecular complexity index is 925. The molecule has 1 amide bonds. The molecule has 2 heterocycles. The van der Waals surface area contributed by atoms with E-state index in [0.29, 0.717) is 29.6 Å². The lowest BCUT2D eigenvalue weighted by molar-refractivity contribution is 0.0952. The van der Waals surface area contributed by atoms with Crippen molar-refractivity contribution in [3.8, 4) is 0 Å². The number of nitrogens with zero attached hydrogens (tertiary/aromatic N) is 2. The summed E-state index contributed by atoms with van der Waals surface area (Å²) >= 11 is 0. The van der Waals surface area contributed by atoms with E-state index in [-0.39, 0.29) is 11.5 Å². The fourth-order valence-corrected chi connectivity index (χ4v) is 3.73. The summed E-state index contributed by atoms with van der Waals surface area (Å²) < 4.78 is 1.25. The third-order valence-corrected chi connectivity index (χ3v) is 5.36. The Kier molecular flexibility index (Phi) is 7.03. The van der Waals surface area contributed by atoms with E-state index < -0.39 is 5.69 Å². The van der Waals surface area contributed by atoms with Crippen LogP contribution in [0.2, 0.25) is 0 Å². The normalized spacial score (nSPS) is 14.6. The van der Waals surface area contributed by atoms with E-state index in [0.717, 1.165) is 45.3 Å². The van der Waals surface area contributed by atoms with Crippen molar-refractivity contribution in [3.63, 3.8) is 0 Å². The molecule has 1 fully saturated rings. The van der Waals surface area contributed by atoms with Crippen LogP contribution in [0, 0.1) is 0 Å². The highest BCUT2D eigenvalue weighted by molar-refractivity contribution is 5.97. The molecule has 152 valence electrons. The Balaban J connectivity index is 1.65. The topological polar surface area (TPSA) is 87.2 Å². The van der Waals surface area contributed by atoms with Crippen LogP contribution in [-0.4, -0.2) is 46.5 Å². The van der Waals surface area contributed by atoms with Crippen LogP contribution in [-0.2, 0) is 6.54 Å². The molecule has 0 unspecified atom stereocenters. The Hall–Kier alpha value is -2.41. The molecular formula is C21H30N4O3. The van der Waals surface area contributed by atoms with E-state index in [1.165, 1.54) is 17.4 Å². The third kappa shape index (κ3) is 4.90. The lowest BCUT2D eigenvalue weighted by atomic mass is 10.1. The van der Waals surface area contributed by atoms with Crippen molar-refractivity contribution >= 4 is 16.8 Å². The van der Waals surface area contributed by atoms with Crippen LogP contribution in [0.3, 0.4) is 0 Å². The summed E-state index contributed by atoms with van der Waals surface area (Å²) in [5.74, 6) is -0.184. The van der Waals surface area contributed by atoms with Crippen LogP contribution in [0.5, 0.6) is 0 Å². The summed E-state index contributed by atoms with van der Waals surface area (Å²) in [7, 11) is 0. The summed E-state index contributed by atoms with van der Waals surface area (Å²) in [6.07, 6.45) is 6.24. The fraction of sp³-hybridized carbons (Fsp3) is 0.571. The Morgan fingerprint density at radius 2 is 1.89 bits per heavy atom. The molecule has 7 nitrogen and oxygen atoms in total. The molecule has 0 bridgehead atoms. The van der Waals surface area contributed by atoms with E-state index in [9.17, 15) is 14.4 Å². The first-order chi connectivity index (χ1) is 13.6. The molecule has 0 spiro atoms. The highest BCUT2D eigenvalue weighted by atomic mass is 16.2. The zero-order chi connectivity index (χ0) is 19.9. The van der Waals surface area contributed by atoms with E-state index in [1.807, 2.05) is 0 Å². The average Bonchev–Trinajstić information content (AvgIpc) is 3.20. The van der Waals surface area contributed by atoms with Gasteiger partial charge in [0.05, 0.1) is 10.9 Å². The Labute approximate surface area is 164 Å². The van der Waals surface area contributed by atoms with Crippen molar-refractivity contribution in [2.45, 2.75) is 52.0 Å². The van der Waals surface area contributed by atoms with Gasteiger partial charge >= 0.3 is 5.69 Å². The summed E-state index contributed by atoms with van der Waals surface area (Å²) in [5.41, 5.74) is 0.142. The number of rotatable bonds is 9. The molecule has 2 aromatic rings. The molecule has 28 heavy (non-hydrogen) atoms. The monoisotopic (exact) mass is 386 g/mol. The number of carbonyl (C=O) groups is 1. The number of unbranched alkanes of at least 4 members (excludes halogenated alkanes) is 2. The molecule has 1 aromatic heterocycles. The van der Waals surface area contributed by atoms with Crippen molar-refractivity contribution in [1.29, 1.82) is 0 Å². The third-order valence-electron chi connectivity index (χ3n) is 5.36. The second-order valence-corrected chi connectivity index (χ2v) is 7.51. The first-order valence-electron chi connectivity index (χ1n) is 10.4. The number of fused-ring (bicyclic) bond motifs is 1. The lowest BCUT2D eigenvalue weighted by Crippen LogP contribution is -2.35. The van der Waals surface area contributed by atoms with Gasteiger partial charge in [-0.2, -0.15) is 0 Å². The van der Waals surface area contributed by atoms with Crippen LogP contribution in [0.25, 0.3) is 10.9 Å². The van der Waals surface area contributed by atoms with Crippen molar-refractivity contribution in [2.75, 3.05) is 26.2 Å². The van der Waals surface area contributed by atoms with Crippen molar-refractivity contribution < 1.29 is 4.79 Å². The van der Waals surface area contributed by atoms with Crippen LogP contribution < -0.4 is 16.6 Å². The molecule has 2 N–H and O–H groups in total. The fourth-order valence-electron chi connectivity index (χ4n) is 3.73. The van der Waals surface area contributed by atoms with Crippen LogP contribution in [0.15, 0.2) is 27.8 Å². The number of amides is 1. The molecule has 1 aliphatic heterocycles. The van der Waals surface area contributed by atoms with Crippen molar-refractivity contribution in [3.05, 3.63) is 44.6 Å². The molecule has 0 aliphatic carbocycles. The zero-order valence-electron chi connectivity index (χ0n) is 16.6. The van der Waals surface area contributed by atoms with E-state index in [1.54, 1.807) is 18.2 Å². The number of benzene rings is 1. The summed E-state index contributed by atoms with van der Waals surface area (Å²) in [6, 6.07) is 4.86. The quantitative estimate of drug-likeness (QED) is 0.646. The number of hydrogen-bond acceptors (Lipinski definition) is 4. The first-order valence-corrected chi connectivity index (χ1v) is 10.4. The van der Waals surface area contributed by atoms with Crippen LogP contribution >= 0.6 is 0 Å². The number of likely N-dealkylation sites (tertiary alicyclic amines) is 1. The maximum absolute atomic E-state index is 12.6. The number of nitrogens with one attached hydrogen (secondary N) is 2. The van der Waals surface area contributed by atoms with Crippen LogP contribution in [0.4, 0.5) is 0 Å². The van der Waals surface area contributed by atoms with Gasteiger partial charge in [0.25, 0.3) is 11.5 Å². The van der Waals surface area contributed by atoms with Gasteiger partial charge in [0.15, 0.2) is 0 Å². The number of carbonyl (C=O) groups excluding carboxylic acids is 1. The SMILES string of the molecule is CCCCCn1c(=O)[nH]c2cc(C(=O)NCCCN3CCCC3)ccc2c1=O. The average molecular weight is 386 g/mol. The number of aromatic amines is 1. The van der Waals surface area contributed by atoms with Gasteiger partial charge in [0.2, 0.25) is 0 Å². The lowest BCUT2D eigenvalue weighted by Gasteiger charge is -2.14. The van der Waals surface area contributed by atoms with Gasteiger partial charge < -0.3 is 15.2 Å². The van der Waals surface area contributed by atoms with Gasteiger partial charge in [-0.3, -0.25) is 14.2 Å². The molecule has 0 atom stereocenters. The highest BCUT2D eigenvalue weighted by Crippen LogP contribution is 2.10. The maximum atomic E-state index is 12.6. The molecule has 7 heteroatoms. The number of aromatic nitrogens is 2. The first kappa shape index (κ1) is 20.3. The molecule has 1 aromatic carbocycles. The summed E-state index contributed by atoms with van der Waals surface area (Å²) in [5, 5.41) is 3.35. The van der Waals surface area contributed by atoms with Crippen LogP contribution in [0.1, 0.15) is 55.8 Å². The van der Waals surface area contributed by atoms with Gasteiger partial charge in [0, 0.05) is 18.7 Å². The van der Waals surface area contributed by atoms with Gasteiger partial charge in [-0.05, 0) is 63.5 Å². The standard InChI is InChI=1S/C21H30N4O3/c1-2-3-4-14-25-20(27)17-9-8-16(15-18(17)23-21(25)28)19(26)22-10-7-13-24-11-5-6-12-24/h8-9,15H,2-7,10-14H2,1H3,(H,22,26)(H,23,28). The minimum atomic E-state index is -0.420. The molecule has 0 radical (unpaired) electrons. The molecule has 1 saturated heterocycles. The summed E-state index contributed by atoms with van der Waals surface area (Å²) in [6.45, 7) is 6.42. The predicted molar refractivity (Wildman–Crippen MR) is 111 cm³/mol. The van der Waals surface area contributed by atoms with E-state index in [2.05, 4.69) is 22.1 Å². The molecular weight excluding hydrogens is 356 g/mol.